The summed E-state index contributed by atoms with van der Waals surface area (Å²) in [6.45, 7) is 2.16. The molecular weight excluding hydrogens is 218 g/mol. The van der Waals surface area contributed by atoms with E-state index < -0.39 is 6.04 Å². The van der Waals surface area contributed by atoms with Gasteiger partial charge < -0.3 is 11.1 Å². The average molecular weight is 233 g/mol. The Morgan fingerprint density at radius 3 is 3.12 bits per heavy atom. The van der Waals surface area contributed by atoms with Crippen molar-refractivity contribution in [3.05, 3.63) is 30.2 Å². The Kier molecular flexibility index (Phi) is 3.34. The fourth-order valence-electron chi connectivity index (χ4n) is 1.52. The topological polar surface area (TPSA) is 85.3 Å². The molecule has 6 nitrogen and oxygen atoms in total. The molecule has 2 aromatic rings. The van der Waals surface area contributed by atoms with Crippen molar-refractivity contribution >= 4 is 11.6 Å². The van der Waals surface area contributed by atoms with Gasteiger partial charge in [-0.25, -0.2) is 0 Å². The largest absolute Gasteiger partial charge is 0.354 e. The molecule has 0 spiro atoms. The molecule has 1 atom stereocenters. The molecule has 0 aromatic carbocycles. The molecule has 0 saturated carbocycles. The van der Waals surface area contributed by atoms with Gasteiger partial charge in [-0.15, -0.1) is 10.2 Å². The molecule has 0 unspecified atom stereocenters. The van der Waals surface area contributed by atoms with Crippen molar-refractivity contribution in [2.75, 3.05) is 6.54 Å². The summed E-state index contributed by atoms with van der Waals surface area (Å²) in [6.07, 6.45) is 2.53. The molecule has 6 heteroatoms. The Balaban J connectivity index is 1.98. The van der Waals surface area contributed by atoms with E-state index in [9.17, 15) is 4.79 Å². The SMILES string of the molecule is C[C@@H](N)C(=O)NCCc1nnc2ccccn12. The van der Waals surface area contributed by atoms with E-state index in [-0.39, 0.29) is 5.91 Å². The van der Waals surface area contributed by atoms with Crippen LogP contribution < -0.4 is 11.1 Å². The van der Waals surface area contributed by atoms with E-state index >= 15 is 0 Å². The number of carbonyl (C=O) groups excluding carboxylic acids is 1. The van der Waals surface area contributed by atoms with E-state index in [1.165, 1.54) is 0 Å². The molecule has 0 fully saturated rings. The first-order valence-electron chi connectivity index (χ1n) is 5.50. The maximum absolute atomic E-state index is 11.3. The first-order chi connectivity index (χ1) is 8.18. The average Bonchev–Trinajstić information content (AvgIpc) is 2.72. The Labute approximate surface area is 98.8 Å². The van der Waals surface area contributed by atoms with Crippen LogP contribution in [0.5, 0.6) is 0 Å². The van der Waals surface area contributed by atoms with Crippen LogP contribution in [0.25, 0.3) is 5.65 Å². The summed E-state index contributed by atoms with van der Waals surface area (Å²) in [6, 6.07) is 5.23. The fraction of sp³-hybridized carbons (Fsp3) is 0.364. The van der Waals surface area contributed by atoms with Gasteiger partial charge in [-0.3, -0.25) is 9.20 Å². The van der Waals surface area contributed by atoms with Gasteiger partial charge in [0.25, 0.3) is 0 Å². The van der Waals surface area contributed by atoms with Crippen LogP contribution in [0.3, 0.4) is 0 Å². The number of pyridine rings is 1. The molecule has 0 aliphatic rings. The van der Waals surface area contributed by atoms with Crippen LogP contribution in [0.1, 0.15) is 12.7 Å². The van der Waals surface area contributed by atoms with Gasteiger partial charge in [0.2, 0.25) is 5.91 Å². The van der Waals surface area contributed by atoms with Crippen molar-refractivity contribution in [2.24, 2.45) is 5.73 Å². The minimum Gasteiger partial charge on any atom is -0.354 e. The summed E-state index contributed by atoms with van der Waals surface area (Å²) in [5.41, 5.74) is 6.25. The van der Waals surface area contributed by atoms with E-state index in [0.717, 1.165) is 11.5 Å². The van der Waals surface area contributed by atoms with Crippen molar-refractivity contribution in [1.82, 2.24) is 19.9 Å². The van der Waals surface area contributed by atoms with Crippen molar-refractivity contribution in [3.8, 4) is 0 Å². The Morgan fingerprint density at radius 2 is 2.35 bits per heavy atom. The highest BCUT2D eigenvalue weighted by molar-refractivity contribution is 5.80. The highest BCUT2D eigenvalue weighted by Crippen LogP contribution is 2.02. The summed E-state index contributed by atoms with van der Waals surface area (Å²) in [5, 5.41) is 10.8. The van der Waals surface area contributed by atoms with Gasteiger partial charge in [0.1, 0.15) is 5.82 Å². The summed E-state index contributed by atoms with van der Waals surface area (Å²) in [5.74, 6) is 0.671. The lowest BCUT2D eigenvalue weighted by atomic mass is 10.3. The van der Waals surface area contributed by atoms with Gasteiger partial charge in [0.05, 0.1) is 6.04 Å². The van der Waals surface area contributed by atoms with E-state index in [0.29, 0.717) is 13.0 Å². The monoisotopic (exact) mass is 233 g/mol. The Hall–Kier alpha value is -1.95. The summed E-state index contributed by atoms with van der Waals surface area (Å²) >= 11 is 0. The maximum atomic E-state index is 11.3. The quantitative estimate of drug-likeness (QED) is 0.761. The second-order valence-corrected chi connectivity index (χ2v) is 3.87. The molecule has 0 radical (unpaired) electrons. The van der Waals surface area contributed by atoms with E-state index in [1.807, 2.05) is 28.8 Å². The number of carbonyl (C=O) groups is 1. The summed E-state index contributed by atoms with van der Waals surface area (Å²) in [7, 11) is 0. The molecule has 17 heavy (non-hydrogen) atoms. The van der Waals surface area contributed by atoms with Crippen LogP contribution >= 0.6 is 0 Å². The lowest BCUT2D eigenvalue weighted by Crippen LogP contribution is -2.39. The Morgan fingerprint density at radius 1 is 1.53 bits per heavy atom. The van der Waals surface area contributed by atoms with Gasteiger partial charge in [-0.1, -0.05) is 6.07 Å². The number of nitrogens with one attached hydrogen (secondary N) is 1. The molecule has 2 aromatic heterocycles. The van der Waals surface area contributed by atoms with Crippen LogP contribution in [-0.4, -0.2) is 33.1 Å². The standard InChI is InChI=1S/C11H15N5O/c1-8(12)11(17)13-6-5-10-15-14-9-4-2-3-7-16(9)10/h2-4,7-8H,5-6,12H2,1H3,(H,13,17)/t8-/m1/s1. The van der Waals surface area contributed by atoms with E-state index in [1.54, 1.807) is 6.92 Å². The van der Waals surface area contributed by atoms with E-state index in [2.05, 4.69) is 15.5 Å². The zero-order valence-corrected chi connectivity index (χ0v) is 9.63. The van der Waals surface area contributed by atoms with Crippen molar-refractivity contribution < 1.29 is 4.79 Å². The third-order valence-electron chi connectivity index (χ3n) is 2.45. The molecule has 0 bridgehead atoms. The number of nitrogens with two attached hydrogens (primary N) is 1. The predicted octanol–water partition coefficient (Wildman–Crippen LogP) is -0.265. The molecule has 1 amide bonds. The fourth-order valence-corrected chi connectivity index (χ4v) is 1.52. The van der Waals surface area contributed by atoms with Gasteiger partial charge in [0.15, 0.2) is 5.65 Å². The zero-order chi connectivity index (χ0) is 12.3. The summed E-state index contributed by atoms with van der Waals surface area (Å²) in [4.78, 5) is 11.3. The smallest absolute Gasteiger partial charge is 0.236 e. The van der Waals surface area contributed by atoms with Crippen molar-refractivity contribution in [1.29, 1.82) is 0 Å². The van der Waals surface area contributed by atoms with Crippen LogP contribution in [0.15, 0.2) is 24.4 Å². The number of hydrogen-bond acceptors (Lipinski definition) is 4. The number of fused-ring (bicyclic) bond motifs is 1. The third kappa shape index (κ3) is 2.59. The number of rotatable bonds is 4. The van der Waals surface area contributed by atoms with Gasteiger partial charge >= 0.3 is 0 Å². The lowest BCUT2D eigenvalue weighted by molar-refractivity contribution is -0.121. The van der Waals surface area contributed by atoms with Crippen LogP contribution in [0, 0.1) is 0 Å². The van der Waals surface area contributed by atoms with Crippen LogP contribution in [0.4, 0.5) is 0 Å². The molecule has 3 N–H and O–H groups in total. The minimum atomic E-state index is -0.481. The van der Waals surface area contributed by atoms with Gasteiger partial charge in [-0.2, -0.15) is 0 Å². The number of hydrogen-bond donors (Lipinski definition) is 2. The molecule has 2 rings (SSSR count). The van der Waals surface area contributed by atoms with Gasteiger partial charge in [0, 0.05) is 19.2 Å². The van der Waals surface area contributed by atoms with Crippen LogP contribution in [0.2, 0.25) is 0 Å². The molecule has 0 saturated heterocycles. The molecular formula is C11H15N5O. The predicted molar refractivity (Wildman–Crippen MR) is 63.4 cm³/mol. The Bertz CT molecular complexity index is 519. The first-order valence-corrected chi connectivity index (χ1v) is 5.50. The second kappa shape index (κ2) is 4.92. The molecule has 0 aliphatic heterocycles. The number of amides is 1. The highest BCUT2D eigenvalue weighted by Gasteiger charge is 2.08. The summed E-state index contributed by atoms with van der Waals surface area (Å²) < 4.78 is 1.90. The van der Waals surface area contributed by atoms with Gasteiger partial charge in [-0.05, 0) is 19.1 Å². The number of nitrogens with zero attached hydrogens (tertiary/aromatic N) is 3. The second-order valence-electron chi connectivity index (χ2n) is 3.87. The molecule has 2 heterocycles. The third-order valence-corrected chi connectivity index (χ3v) is 2.45. The van der Waals surface area contributed by atoms with E-state index in [4.69, 9.17) is 5.73 Å². The highest BCUT2D eigenvalue weighted by atomic mass is 16.2. The minimum absolute atomic E-state index is 0.154. The molecule has 0 aliphatic carbocycles. The lowest BCUT2D eigenvalue weighted by Gasteiger charge is -2.06. The molecule has 90 valence electrons. The van der Waals surface area contributed by atoms with Crippen LogP contribution in [-0.2, 0) is 11.2 Å². The normalized spacial score (nSPS) is 12.6. The van der Waals surface area contributed by atoms with Crippen molar-refractivity contribution in [2.45, 2.75) is 19.4 Å². The zero-order valence-electron chi connectivity index (χ0n) is 9.63. The van der Waals surface area contributed by atoms with Crippen molar-refractivity contribution in [3.63, 3.8) is 0 Å². The maximum Gasteiger partial charge on any atom is 0.236 e. The first kappa shape index (κ1) is 11.5. The number of aromatic nitrogens is 3.